The van der Waals surface area contributed by atoms with Crippen LogP contribution in [-0.4, -0.2) is 59.0 Å². The van der Waals surface area contributed by atoms with Crippen LogP contribution in [0.25, 0.3) is 0 Å². The molecule has 0 radical (unpaired) electrons. The first-order valence-electron chi connectivity index (χ1n) is 18.2. The van der Waals surface area contributed by atoms with Gasteiger partial charge in [-0.25, -0.2) is 4.57 Å². The Kier molecular flexibility index (Phi) is 30.7. The van der Waals surface area contributed by atoms with E-state index in [1.54, 1.807) is 0 Å². The number of hydrogen-bond donors (Lipinski definition) is 5. The molecule has 4 atom stereocenters. The van der Waals surface area contributed by atoms with Gasteiger partial charge >= 0.3 is 7.82 Å². The highest BCUT2D eigenvalue weighted by molar-refractivity contribution is 7.47. The number of carbonyl (C=O) groups excluding carboxylic acids is 1. The molecule has 0 bridgehead atoms. The van der Waals surface area contributed by atoms with Crippen LogP contribution < -0.4 is 11.1 Å². The molecule has 0 heterocycles. The van der Waals surface area contributed by atoms with Crippen LogP contribution in [-0.2, 0) is 18.4 Å². The lowest BCUT2D eigenvalue weighted by molar-refractivity contribution is -0.125. The van der Waals surface area contributed by atoms with Crippen LogP contribution in [0.2, 0.25) is 0 Å². The van der Waals surface area contributed by atoms with Crippen molar-refractivity contribution in [3.63, 3.8) is 0 Å². The second kappa shape index (κ2) is 31.1. The average Bonchev–Trinajstić information content (AvgIpc) is 2.99. The van der Waals surface area contributed by atoms with Gasteiger partial charge in [0.05, 0.1) is 37.9 Å². The van der Waals surface area contributed by atoms with Crippen molar-refractivity contribution in [1.82, 2.24) is 5.32 Å². The third kappa shape index (κ3) is 28.9. The first-order valence-corrected chi connectivity index (χ1v) is 19.7. The number of aliphatic hydroxyl groups is 2. The second-order valence-electron chi connectivity index (χ2n) is 12.6. The lowest BCUT2D eigenvalue weighted by Crippen LogP contribution is -2.47. The summed E-state index contributed by atoms with van der Waals surface area (Å²) in [7, 11) is -4.36. The molecule has 0 spiro atoms. The van der Waals surface area contributed by atoms with Gasteiger partial charge in [0, 0.05) is 6.54 Å². The molecular formula is C34H71N2O7P. The van der Waals surface area contributed by atoms with E-state index in [2.05, 4.69) is 19.2 Å². The van der Waals surface area contributed by atoms with Crippen LogP contribution in [0, 0.1) is 0 Å². The quantitative estimate of drug-likeness (QED) is 0.0346. The maximum atomic E-state index is 12.7. The average molecular weight is 651 g/mol. The van der Waals surface area contributed by atoms with E-state index in [9.17, 15) is 24.5 Å². The fraction of sp³-hybridized carbons (Fsp3) is 0.971. The van der Waals surface area contributed by atoms with Crippen LogP contribution in [0.5, 0.6) is 0 Å². The maximum Gasteiger partial charge on any atom is 0.472 e. The van der Waals surface area contributed by atoms with E-state index in [4.69, 9.17) is 14.8 Å². The lowest BCUT2D eigenvalue weighted by Gasteiger charge is -2.25. The second-order valence-corrected chi connectivity index (χ2v) is 14.1. The third-order valence-electron chi connectivity index (χ3n) is 8.27. The Hall–Kier alpha value is -0.540. The molecule has 0 rings (SSSR count). The summed E-state index contributed by atoms with van der Waals surface area (Å²) in [5.74, 6) is -0.414. The van der Waals surface area contributed by atoms with Gasteiger partial charge in [0.25, 0.3) is 0 Å². The molecule has 0 aliphatic carbocycles. The van der Waals surface area contributed by atoms with Crippen molar-refractivity contribution in [3.8, 4) is 0 Å². The highest BCUT2D eigenvalue weighted by Gasteiger charge is 2.28. The topological polar surface area (TPSA) is 151 Å². The number of carbonyl (C=O) groups is 1. The van der Waals surface area contributed by atoms with E-state index in [-0.39, 0.29) is 26.2 Å². The van der Waals surface area contributed by atoms with Crippen molar-refractivity contribution >= 4 is 13.7 Å². The number of hydrogen-bond acceptors (Lipinski definition) is 7. The fourth-order valence-electron chi connectivity index (χ4n) is 5.47. The Morgan fingerprint density at radius 2 is 1.09 bits per heavy atom. The van der Waals surface area contributed by atoms with Crippen molar-refractivity contribution in [1.29, 1.82) is 0 Å². The molecule has 6 N–H and O–H groups in total. The standard InChI is InChI=1S/C34H71N2O7P/c1-3-5-7-9-11-13-14-15-16-18-19-21-23-25-31(37)29-34(39)36-32(30-43-44(40,41)42-28-27-35)33(38)26-24-22-20-17-12-10-8-6-4-2/h31-33,37-38H,3-30,35H2,1-2H3,(H,36,39)(H,40,41). The maximum absolute atomic E-state index is 12.7. The number of phosphoric ester groups is 1. The minimum atomic E-state index is -4.36. The van der Waals surface area contributed by atoms with E-state index in [1.165, 1.54) is 103 Å². The van der Waals surface area contributed by atoms with Gasteiger partial charge < -0.3 is 26.2 Å². The summed E-state index contributed by atoms with van der Waals surface area (Å²) in [5, 5.41) is 24.0. The SMILES string of the molecule is CCCCCCCCCCCCCCCC(O)CC(=O)NC(COP(=O)(O)OCCN)C(O)CCCCCCCCCCC. The highest BCUT2D eigenvalue weighted by atomic mass is 31.2. The molecule has 9 nitrogen and oxygen atoms in total. The zero-order valence-corrected chi connectivity index (χ0v) is 29.4. The molecule has 0 saturated heterocycles. The van der Waals surface area contributed by atoms with Crippen molar-refractivity contribution in [2.24, 2.45) is 5.73 Å². The third-order valence-corrected chi connectivity index (χ3v) is 9.25. The molecule has 0 aromatic carbocycles. The largest absolute Gasteiger partial charge is 0.472 e. The number of nitrogens with one attached hydrogen (secondary N) is 1. The van der Waals surface area contributed by atoms with Gasteiger partial charge in [-0.3, -0.25) is 13.8 Å². The van der Waals surface area contributed by atoms with Gasteiger partial charge in [-0.2, -0.15) is 0 Å². The van der Waals surface area contributed by atoms with E-state index in [0.717, 1.165) is 38.5 Å². The summed E-state index contributed by atoms with van der Waals surface area (Å²) in [6.45, 7) is 4.00. The van der Waals surface area contributed by atoms with Crippen LogP contribution >= 0.6 is 7.82 Å². The number of nitrogens with two attached hydrogens (primary N) is 1. The number of unbranched alkanes of at least 4 members (excludes halogenated alkanes) is 20. The van der Waals surface area contributed by atoms with Gasteiger partial charge in [-0.15, -0.1) is 0 Å². The molecule has 44 heavy (non-hydrogen) atoms. The fourth-order valence-corrected chi connectivity index (χ4v) is 6.23. The Labute approximate surface area is 270 Å². The van der Waals surface area contributed by atoms with Crippen LogP contribution in [0.3, 0.4) is 0 Å². The molecule has 0 aromatic heterocycles. The molecule has 0 aliphatic heterocycles. The van der Waals surface area contributed by atoms with Gasteiger partial charge in [0.2, 0.25) is 5.91 Å². The van der Waals surface area contributed by atoms with Crippen molar-refractivity contribution < 1.29 is 33.5 Å². The van der Waals surface area contributed by atoms with E-state index >= 15 is 0 Å². The molecular weight excluding hydrogens is 579 g/mol. The minimum absolute atomic E-state index is 0.0620. The van der Waals surface area contributed by atoms with Crippen LogP contribution in [0.4, 0.5) is 0 Å². The number of rotatable bonds is 34. The van der Waals surface area contributed by atoms with E-state index in [0.29, 0.717) is 12.8 Å². The zero-order valence-electron chi connectivity index (χ0n) is 28.5. The smallest absolute Gasteiger partial charge is 0.393 e. The number of phosphoric acid groups is 1. The number of aliphatic hydroxyl groups excluding tert-OH is 2. The molecule has 10 heteroatoms. The Morgan fingerprint density at radius 1 is 0.682 bits per heavy atom. The summed E-state index contributed by atoms with van der Waals surface area (Å²) in [6, 6.07) is -0.887. The zero-order chi connectivity index (χ0) is 32.7. The minimum Gasteiger partial charge on any atom is -0.393 e. The summed E-state index contributed by atoms with van der Waals surface area (Å²) >= 11 is 0. The Bertz CT molecular complexity index is 686. The Morgan fingerprint density at radius 3 is 1.52 bits per heavy atom. The summed E-state index contributed by atoms with van der Waals surface area (Å²) in [5.41, 5.74) is 5.33. The molecule has 0 saturated carbocycles. The van der Waals surface area contributed by atoms with Crippen molar-refractivity contribution in [2.75, 3.05) is 19.8 Å². The molecule has 4 unspecified atom stereocenters. The van der Waals surface area contributed by atoms with Gasteiger partial charge in [-0.1, -0.05) is 155 Å². The van der Waals surface area contributed by atoms with Crippen molar-refractivity contribution in [3.05, 3.63) is 0 Å². The predicted molar refractivity (Wildman–Crippen MR) is 182 cm³/mol. The van der Waals surface area contributed by atoms with Gasteiger partial charge in [0.15, 0.2) is 0 Å². The Balaban J connectivity index is 4.34. The number of amides is 1. The van der Waals surface area contributed by atoms with E-state index < -0.39 is 32.0 Å². The van der Waals surface area contributed by atoms with Gasteiger partial charge in [0.1, 0.15) is 0 Å². The monoisotopic (exact) mass is 650 g/mol. The molecule has 0 aromatic rings. The van der Waals surface area contributed by atoms with E-state index in [1.807, 2.05) is 0 Å². The lowest BCUT2D eigenvalue weighted by atomic mass is 10.0. The molecule has 0 fully saturated rings. The van der Waals surface area contributed by atoms with Crippen LogP contribution in [0.15, 0.2) is 0 Å². The first kappa shape index (κ1) is 43.5. The van der Waals surface area contributed by atoms with Crippen molar-refractivity contribution in [2.45, 2.75) is 193 Å². The molecule has 0 aliphatic rings. The summed E-state index contributed by atoms with van der Waals surface area (Å²) < 4.78 is 22.0. The normalized spacial score (nSPS) is 15.1. The first-order chi connectivity index (χ1) is 21.3. The van der Waals surface area contributed by atoms with Crippen LogP contribution in [0.1, 0.15) is 174 Å². The molecule has 1 amide bonds. The predicted octanol–water partition coefficient (Wildman–Crippen LogP) is 8.08. The summed E-state index contributed by atoms with van der Waals surface area (Å²) in [6.07, 6.45) is 25.8. The van der Waals surface area contributed by atoms with Gasteiger partial charge in [-0.05, 0) is 12.8 Å². The highest BCUT2D eigenvalue weighted by Crippen LogP contribution is 2.43. The molecule has 264 valence electrons. The summed E-state index contributed by atoms with van der Waals surface area (Å²) in [4.78, 5) is 22.6.